The Bertz CT molecular complexity index is 101. The summed E-state index contributed by atoms with van der Waals surface area (Å²) in [6.07, 6.45) is 3.35. The van der Waals surface area contributed by atoms with E-state index in [2.05, 4.69) is 30.5 Å². The molecule has 0 amide bonds. The molecule has 2 heteroatoms. The summed E-state index contributed by atoms with van der Waals surface area (Å²) in [5, 5.41) is 2.85. The lowest BCUT2D eigenvalue weighted by Gasteiger charge is -2.16. The maximum atomic E-state index is 2.24. The fourth-order valence-corrected chi connectivity index (χ4v) is 1.70. The van der Waals surface area contributed by atoms with Crippen molar-refractivity contribution >= 4 is 11.8 Å². The number of hydrogen-bond acceptors (Lipinski definition) is 2. The number of hydrogen-bond donors (Lipinski definition) is 0. The van der Waals surface area contributed by atoms with E-state index in [0.717, 1.165) is 0 Å². The number of nitrogens with zero attached hydrogens (tertiary/aromatic N) is 1. The van der Waals surface area contributed by atoms with Gasteiger partial charge in [0.15, 0.2) is 0 Å². The van der Waals surface area contributed by atoms with Gasteiger partial charge in [0.25, 0.3) is 0 Å². The minimum Gasteiger partial charge on any atom is -0.368 e. The molecule has 1 aliphatic heterocycles. The summed E-state index contributed by atoms with van der Waals surface area (Å²) in [6, 6.07) is 0. The summed E-state index contributed by atoms with van der Waals surface area (Å²) >= 11 is 1.90. The van der Waals surface area contributed by atoms with Crippen LogP contribution in [0.1, 0.15) is 13.3 Å². The molecule has 0 aromatic heterocycles. The second-order valence-electron chi connectivity index (χ2n) is 1.95. The minimum absolute atomic E-state index is 0.704. The Hall–Kier alpha value is -0.110. The topological polar surface area (TPSA) is 3.24 Å². The highest BCUT2D eigenvalue weighted by atomic mass is 32.2. The molecule has 1 heterocycles. The largest absolute Gasteiger partial charge is 0.368 e. The normalized spacial score (nSPS) is 27.2. The second-order valence-corrected chi connectivity index (χ2v) is 3.04. The lowest BCUT2D eigenvalue weighted by Crippen LogP contribution is -2.17. The number of rotatable bonds is 1. The third-order valence-electron chi connectivity index (χ3n) is 1.34. The SMILES string of the molecule is CCC1SC=CN1C. The average molecular weight is 129 g/mol. The molecular weight excluding hydrogens is 118 g/mol. The lowest BCUT2D eigenvalue weighted by molar-refractivity contribution is 0.428. The van der Waals surface area contributed by atoms with Crippen molar-refractivity contribution < 1.29 is 0 Å². The third-order valence-corrected chi connectivity index (χ3v) is 2.59. The van der Waals surface area contributed by atoms with Gasteiger partial charge in [0.05, 0.1) is 5.37 Å². The van der Waals surface area contributed by atoms with Crippen molar-refractivity contribution in [3.8, 4) is 0 Å². The molecule has 0 aromatic rings. The van der Waals surface area contributed by atoms with Crippen molar-refractivity contribution in [2.45, 2.75) is 18.7 Å². The van der Waals surface area contributed by atoms with E-state index in [1.54, 1.807) is 0 Å². The van der Waals surface area contributed by atoms with Crippen molar-refractivity contribution in [3.05, 3.63) is 11.6 Å². The van der Waals surface area contributed by atoms with Crippen LogP contribution in [0.2, 0.25) is 0 Å². The van der Waals surface area contributed by atoms with Gasteiger partial charge in [-0.2, -0.15) is 0 Å². The van der Waals surface area contributed by atoms with Crippen molar-refractivity contribution in [3.63, 3.8) is 0 Å². The van der Waals surface area contributed by atoms with Crippen molar-refractivity contribution in [1.29, 1.82) is 0 Å². The highest BCUT2D eigenvalue weighted by Gasteiger charge is 2.11. The van der Waals surface area contributed by atoms with E-state index in [4.69, 9.17) is 0 Å². The Morgan fingerprint density at radius 3 is 2.75 bits per heavy atom. The van der Waals surface area contributed by atoms with Crippen molar-refractivity contribution in [1.82, 2.24) is 4.90 Å². The molecule has 0 aromatic carbocycles. The molecule has 0 N–H and O–H groups in total. The zero-order chi connectivity index (χ0) is 5.98. The van der Waals surface area contributed by atoms with Crippen molar-refractivity contribution in [2.75, 3.05) is 7.05 Å². The van der Waals surface area contributed by atoms with E-state index < -0.39 is 0 Å². The molecule has 46 valence electrons. The van der Waals surface area contributed by atoms with Crippen molar-refractivity contribution in [2.24, 2.45) is 0 Å². The highest BCUT2D eigenvalue weighted by molar-refractivity contribution is 8.02. The summed E-state index contributed by atoms with van der Waals surface area (Å²) in [7, 11) is 2.12. The standard InChI is InChI=1S/C6H11NS/c1-3-6-7(2)4-5-8-6/h4-6H,3H2,1-2H3. The smallest absolute Gasteiger partial charge is 0.0780 e. The van der Waals surface area contributed by atoms with Crippen LogP contribution in [-0.2, 0) is 0 Å². The monoisotopic (exact) mass is 129 g/mol. The first-order valence-electron chi connectivity index (χ1n) is 2.88. The highest BCUT2D eigenvalue weighted by Crippen LogP contribution is 2.24. The fourth-order valence-electron chi connectivity index (χ4n) is 0.798. The zero-order valence-electron chi connectivity index (χ0n) is 5.29. The molecule has 0 bridgehead atoms. The van der Waals surface area contributed by atoms with Gasteiger partial charge in [-0.15, -0.1) is 11.8 Å². The first-order chi connectivity index (χ1) is 3.84. The van der Waals surface area contributed by atoms with Crippen LogP contribution in [0, 0.1) is 0 Å². The van der Waals surface area contributed by atoms with E-state index in [9.17, 15) is 0 Å². The molecule has 0 aliphatic carbocycles. The molecule has 1 nitrogen and oxygen atoms in total. The maximum absolute atomic E-state index is 2.24. The average Bonchev–Trinajstić information content (AvgIpc) is 2.14. The quantitative estimate of drug-likeness (QED) is 0.531. The second kappa shape index (κ2) is 2.44. The predicted molar refractivity (Wildman–Crippen MR) is 38.6 cm³/mol. The lowest BCUT2D eigenvalue weighted by atomic mass is 10.4. The first-order valence-corrected chi connectivity index (χ1v) is 3.83. The van der Waals surface area contributed by atoms with E-state index >= 15 is 0 Å². The van der Waals surface area contributed by atoms with Gasteiger partial charge in [-0.3, -0.25) is 0 Å². The molecule has 0 saturated carbocycles. The summed E-state index contributed by atoms with van der Waals surface area (Å²) in [5.74, 6) is 0. The molecule has 1 rings (SSSR count). The molecule has 0 saturated heterocycles. The predicted octanol–water partition coefficient (Wildman–Crippen LogP) is 1.87. The van der Waals surface area contributed by atoms with Crippen LogP contribution in [0.5, 0.6) is 0 Å². The van der Waals surface area contributed by atoms with Gasteiger partial charge in [-0.05, 0) is 11.8 Å². The Labute approximate surface area is 54.8 Å². The van der Waals surface area contributed by atoms with Gasteiger partial charge >= 0.3 is 0 Å². The van der Waals surface area contributed by atoms with E-state index in [0.29, 0.717) is 5.37 Å². The van der Waals surface area contributed by atoms with Crippen LogP contribution in [0.15, 0.2) is 11.6 Å². The molecular formula is C6H11NS. The maximum Gasteiger partial charge on any atom is 0.0780 e. The van der Waals surface area contributed by atoms with Gasteiger partial charge in [0.2, 0.25) is 0 Å². The molecule has 1 aliphatic rings. The van der Waals surface area contributed by atoms with Gasteiger partial charge < -0.3 is 4.90 Å². The zero-order valence-corrected chi connectivity index (χ0v) is 6.11. The van der Waals surface area contributed by atoms with Crippen LogP contribution in [-0.4, -0.2) is 17.3 Å². The van der Waals surface area contributed by atoms with Gasteiger partial charge in [-0.1, -0.05) is 6.92 Å². The van der Waals surface area contributed by atoms with Crippen LogP contribution in [0.4, 0.5) is 0 Å². The number of thioether (sulfide) groups is 1. The van der Waals surface area contributed by atoms with Crippen LogP contribution < -0.4 is 0 Å². The van der Waals surface area contributed by atoms with E-state index in [1.807, 2.05) is 11.8 Å². The van der Waals surface area contributed by atoms with E-state index in [1.165, 1.54) is 6.42 Å². The molecule has 8 heavy (non-hydrogen) atoms. The summed E-state index contributed by atoms with van der Waals surface area (Å²) in [4.78, 5) is 2.24. The Balaban J connectivity index is 2.38. The molecule has 1 unspecified atom stereocenters. The summed E-state index contributed by atoms with van der Waals surface area (Å²) in [6.45, 7) is 2.21. The van der Waals surface area contributed by atoms with Gasteiger partial charge in [0.1, 0.15) is 0 Å². The van der Waals surface area contributed by atoms with Gasteiger partial charge in [-0.25, -0.2) is 0 Å². The third kappa shape index (κ3) is 0.996. The van der Waals surface area contributed by atoms with Crippen LogP contribution in [0.3, 0.4) is 0 Å². The molecule has 0 fully saturated rings. The summed E-state index contributed by atoms with van der Waals surface area (Å²) in [5.41, 5.74) is 0. The molecule has 0 spiro atoms. The summed E-state index contributed by atoms with van der Waals surface area (Å²) < 4.78 is 0. The molecule has 1 atom stereocenters. The first kappa shape index (κ1) is 6.02. The Kier molecular flexibility index (Phi) is 1.84. The Morgan fingerprint density at radius 1 is 1.75 bits per heavy atom. The Morgan fingerprint density at radius 2 is 2.50 bits per heavy atom. The van der Waals surface area contributed by atoms with Crippen LogP contribution in [0.25, 0.3) is 0 Å². The van der Waals surface area contributed by atoms with Gasteiger partial charge in [0, 0.05) is 13.2 Å². The fraction of sp³-hybridized carbons (Fsp3) is 0.667. The molecule has 0 radical (unpaired) electrons. The van der Waals surface area contributed by atoms with E-state index in [-0.39, 0.29) is 0 Å². The van der Waals surface area contributed by atoms with Crippen LogP contribution >= 0.6 is 11.8 Å². The minimum atomic E-state index is 0.704.